The fraction of sp³-hybridized carbons (Fsp3) is 0.636. The van der Waals surface area contributed by atoms with Gasteiger partial charge in [-0.15, -0.1) is 10.2 Å². The lowest BCUT2D eigenvalue weighted by atomic mass is 10.1. The lowest BCUT2D eigenvalue weighted by Crippen LogP contribution is -2.44. The van der Waals surface area contributed by atoms with E-state index in [-0.39, 0.29) is 0 Å². The van der Waals surface area contributed by atoms with E-state index < -0.39 is 11.9 Å². The van der Waals surface area contributed by atoms with Crippen molar-refractivity contribution >= 4 is 5.82 Å². The lowest BCUT2D eigenvalue weighted by Gasteiger charge is -2.33. The van der Waals surface area contributed by atoms with Crippen molar-refractivity contribution in [2.75, 3.05) is 25.0 Å². The molecule has 1 fully saturated rings. The number of halogens is 3. The highest BCUT2D eigenvalue weighted by molar-refractivity contribution is 5.38. The SMILES string of the molecule is CNC1CCCN(c2ccc(C(F)(F)F)nn2)C1. The molecule has 1 atom stereocenters. The molecule has 1 aliphatic rings. The van der Waals surface area contributed by atoms with Gasteiger partial charge in [0.1, 0.15) is 0 Å². The summed E-state index contributed by atoms with van der Waals surface area (Å²) < 4.78 is 37.1. The molecular weight excluding hydrogens is 245 g/mol. The minimum atomic E-state index is -4.43. The van der Waals surface area contributed by atoms with Crippen LogP contribution in [-0.2, 0) is 6.18 Å². The molecule has 0 spiro atoms. The van der Waals surface area contributed by atoms with Gasteiger partial charge in [0.2, 0.25) is 0 Å². The third-order valence-electron chi connectivity index (χ3n) is 3.09. The van der Waals surface area contributed by atoms with Crippen LogP contribution in [0.2, 0.25) is 0 Å². The molecule has 7 heteroatoms. The summed E-state index contributed by atoms with van der Waals surface area (Å²) in [5, 5.41) is 10.1. The molecule has 0 saturated carbocycles. The third-order valence-corrected chi connectivity index (χ3v) is 3.09. The quantitative estimate of drug-likeness (QED) is 0.878. The Balaban J connectivity index is 2.09. The van der Waals surface area contributed by atoms with E-state index in [1.165, 1.54) is 6.07 Å². The van der Waals surface area contributed by atoms with E-state index in [9.17, 15) is 13.2 Å². The van der Waals surface area contributed by atoms with Gasteiger partial charge < -0.3 is 10.2 Å². The number of aromatic nitrogens is 2. The Morgan fingerprint density at radius 3 is 2.67 bits per heavy atom. The topological polar surface area (TPSA) is 41.0 Å². The Labute approximate surface area is 103 Å². The van der Waals surface area contributed by atoms with Crippen molar-refractivity contribution in [3.63, 3.8) is 0 Å². The lowest BCUT2D eigenvalue weighted by molar-refractivity contribution is -0.141. The van der Waals surface area contributed by atoms with Crippen molar-refractivity contribution in [2.24, 2.45) is 0 Å². The van der Waals surface area contributed by atoms with E-state index in [4.69, 9.17) is 0 Å². The molecule has 0 bridgehead atoms. The van der Waals surface area contributed by atoms with Crippen LogP contribution in [0.5, 0.6) is 0 Å². The summed E-state index contributed by atoms with van der Waals surface area (Å²) in [6.45, 7) is 1.55. The number of rotatable bonds is 2. The van der Waals surface area contributed by atoms with E-state index in [1.807, 2.05) is 11.9 Å². The molecular formula is C11H15F3N4. The fourth-order valence-electron chi connectivity index (χ4n) is 2.07. The molecule has 1 unspecified atom stereocenters. The summed E-state index contributed by atoms with van der Waals surface area (Å²) in [7, 11) is 1.88. The highest BCUT2D eigenvalue weighted by Crippen LogP contribution is 2.27. The maximum atomic E-state index is 12.4. The minimum Gasteiger partial charge on any atom is -0.354 e. The summed E-state index contributed by atoms with van der Waals surface area (Å²) in [6.07, 6.45) is -2.36. The van der Waals surface area contributed by atoms with Gasteiger partial charge in [0.15, 0.2) is 11.5 Å². The highest BCUT2D eigenvalue weighted by Gasteiger charge is 2.33. The summed E-state index contributed by atoms with van der Waals surface area (Å²) in [5.74, 6) is 0.503. The van der Waals surface area contributed by atoms with Gasteiger partial charge in [-0.05, 0) is 32.0 Å². The average molecular weight is 260 g/mol. The van der Waals surface area contributed by atoms with E-state index in [1.54, 1.807) is 0 Å². The monoisotopic (exact) mass is 260 g/mol. The first-order valence-corrected chi connectivity index (χ1v) is 5.84. The molecule has 2 heterocycles. The zero-order chi connectivity index (χ0) is 13.2. The third kappa shape index (κ3) is 2.90. The minimum absolute atomic E-state index is 0.350. The van der Waals surface area contributed by atoms with Crippen LogP contribution < -0.4 is 10.2 Å². The number of likely N-dealkylation sites (N-methyl/N-ethyl adjacent to an activating group) is 1. The molecule has 1 aromatic heterocycles. The molecule has 1 saturated heterocycles. The molecule has 0 aliphatic carbocycles. The molecule has 0 aromatic carbocycles. The number of piperidine rings is 1. The molecule has 0 amide bonds. The molecule has 4 nitrogen and oxygen atoms in total. The van der Waals surface area contributed by atoms with Crippen LogP contribution in [0.15, 0.2) is 12.1 Å². The van der Waals surface area contributed by atoms with Crippen LogP contribution in [0, 0.1) is 0 Å². The number of hydrogen-bond donors (Lipinski definition) is 1. The van der Waals surface area contributed by atoms with Gasteiger partial charge >= 0.3 is 6.18 Å². The van der Waals surface area contributed by atoms with E-state index in [2.05, 4.69) is 15.5 Å². The van der Waals surface area contributed by atoms with Crippen LogP contribution in [0.3, 0.4) is 0 Å². The van der Waals surface area contributed by atoms with Crippen molar-refractivity contribution in [1.82, 2.24) is 15.5 Å². The molecule has 1 aromatic rings. The van der Waals surface area contributed by atoms with Gasteiger partial charge in [-0.2, -0.15) is 13.2 Å². The zero-order valence-electron chi connectivity index (χ0n) is 10.0. The predicted octanol–water partition coefficient (Wildman–Crippen LogP) is 1.68. The summed E-state index contributed by atoms with van der Waals surface area (Å²) >= 11 is 0. The standard InChI is InChI=1S/C11H15F3N4/c1-15-8-3-2-6-18(7-8)10-5-4-9(16-17-10)11(12,13)14/h4-5,8,15H,2-3,6-7H2,1H3. The molecule has 100 valence electrons. The number of nitrogens with one attached hydrogen (secondary N) is 1. The smallest absolute Gasteiger partial charge is 0.354 e. The van der Waals surface area contributed by atoms with Crippen LogP contribution >= 0.6 is 0 Å². The molecule has 1 aliphatic heterocycles. The second kappa shape index (κ2) is 5.09. The second-order valence-electron chi connectivity index (χ2n) is 4.35. The summed E-state index contributed by atoms with van der Waals surface area (Å²) in [6, 6.07) is 2.71. The van der Waals surface area contributed by atoms with Gasteiger partial charge in [-0.25, -0.2) is 0 Å². The van der Waals surface area contributed by atoms with Gasteiger partial charge in [0.25, 0.3) is 0 Å². The van der Waals surface area contributed by atoms with Gasteiger partial charge in [-0.1, -0.05) is 0 Å². The van der Waals surface area contributed by atoms with Crippen LogP contribution in [-0.4, -0.2) is 36.4 Å². The highest BCUT2D eigenvalue weighted by atomic mass is 19.4. The zero-order valence-corrected chi connectivity index (χ0v) is 10.0. The molecule has 1 N–H and O–H groups in total. The van der Waals surface area contributed by atoms with Gasteiger partial charge in [-0.3, -0.25) is 0 Å². The number of hydrogen-bond acceptors (Lipinski definition) is 4. The number of alkyl halides is 3. The Morgan fingerprint density at radius 2 is 2.11 bits per heavy atom. The molecule has 0 radical (unpaired) electrons. The van der Waals surface area contributed by atoms with Crippen molar-refractivity contribution < 1.29 is 13.2 Å². The Hall–Kier alpha value is -1.37. The van der Waals surface area contributed by atoms with Crippen LogP contribution in [0.1, 0.15) is 18.5 Å². The molecule has 18 heavy (non-hydrogen) atoms. The molecule has 2 rings (SSSR count). The van der Waals surface area contributed by atoms with Crippen molar-refractivity contribution in [2.45, 2.75) is 25.1 Å². The first kappa shape index (κ1) is 13.1. The van der Waals surface area contributed by atoms with E-state index in [0.717, 1.165) is 32.0 Å². The van der Waals surface area contributed by atoms with Crippen molar-refractivity contribution in [3.05, 3.63) is 17.8 Å². The second-order valence-corrected chi connectivity index (χ2v) is 4.35. The average Bonchev–Trinajstić information content (AvgIpc) is 2.38. The Kier molecular flexibility index (Phi) is 3.70. The predicted molar refractivity (Wildman–Crippen MR) is 61.3 cm³/mol. The first-order chi connectivity index (χ1) is 8.50. The van der Waals surface area contributed by atoms with E-state index in [0.29, 0.717) is 11.9 Å². The number of anilines is 1. The fourth-order valence-corrected chi connectivity index (χ4v) is 2.07. The Bertz CT molecular complexity index is 390. The maximum absolute atomic E-state index is 12.4. The van der Waals surface area contributed by atoms with Crippen LogP contribution in [0.25, 0.3) is 0 Å². The Morgan fingerprint density at radius 1 is 1.33 bits per heavy atom. The van der Waals surface area contributed by atoms with E-state index >= 15 is 0 Å². The maximum Gasteiger partial charge on any atom is 0.435 e. The first-order valence-electron chi connectivity index (χ1n) is 5.84. The summed E-state index contributed by atoms with van der Waals surface area (Å²) in [5.41, 5.74) is -0.951. The van der Waals surface area contributed by atoms with Gasteiger partial charge in [0, 0.05) is 19.1 Å². The summed E-state index contributed by atoms with van der Waals surface area (Å²) in [4.78, 5) is 1.96. The normalized spacial score (nSPS) is 21.1. The van der Waals surface area contributed by atoms with Gasteiger partial charge in [0.05, 0.1) is 0 Å². The van der Waals surface area contributed by atoms with Crippen molar-refractivity contribution in [3.8, 4) is 0 Å². The van der Waals surface area contributed by atoms with Crippen molar-refractivity contribution in [1.29, 1.82) is 0 Å². The largest absolute Gasteiger partial charge is 0.435 e. The van der Waals surface area contributed by atoms with Crippen LogP contribution in [0.4, 0.5) is 19.0 Å². The number of nitrogens with zero attached hydrogens (tertiary/aromatic N) is 3.